The maximum Gasteiger partial charge on any atom is 0.262 e. The molecule has 4 amide bonds. The van der Waals surface area contributed by atoms with Crippen LogP contribution < -0.4 is 30.7 Å². The Morgan fingerprint density at radius 2 is 1.48 bits per heavy atom. The minimum atomic E-state index is -0.954. The Morgan fingerprint density at radius 3 is 2.21 bits per heavy atom. The number of carbonyl (C=O) groups is 4. The number of unbranched alkanes of at least 4 members (excludes halogenated alkanes) is 9. The van der Waals surface area contributed by atoms with Crippen LogP contribution in [0.15, 0.2) is 66.0 Å². The van der Waals surface area contributed by atoms with Crippen LogP contribution in [-0.2, 0) is 16.1 Å². The number of ether oxygens (including phenoxy) is 2. The van der Waals surface area contributed by atoms with Crippen molar-refractivity contribution in [3.05, 3.63) is 93.4 Å². The van der Waals surface area contributed by atoms with Gasteiger partial charge in [-0.1, -0.05) is 75.6 Å². The number of benzene rings is 3. The molecule has 0 radical (unpaired) electrons. The molecule has 4 N–H and O–H groups in total. The highest BCUT2D eigenvalue weighted by molar-refractivity contribution is 7.10. The molecule has 13 nitrogen and oxygen atoms in total. The molecule has 5 aromatic rings. The van der Waals surface area contributed by atoms with Gasteiger partial charge in [-0.25, -0.2) is 9.97 Å². The van der Waals surface area contributed by atoms with Crippen molar-refractivity contribution in [2.45, 2.75) is 110 Å². The molecule has 63 heavy (non-hydrogen) atoms. The summed E-state index contributed by atoms with van der Waals surface area (Å²) in [4.78, 5) is 61.5. The lowest BCUT2D eigenvalue weighted by atomic mass is 10.0. The van der Waals surface area contributed by atoms with Crippen molar-refractivity contribution in [1.29, 1.82) is 0 Å². The number of fused-ring (bicyclic) bond motifs is 2. The fraction of sp³-hybridized carbons (Fsp3) is 0.429. The summed E-state index contributed by atoms with van der Waals surface area (Å²) in [5.41, 5.74) is 5.96. The van der Waals surface area contributed by atoms with E-state index in [-0.39, 0.29) is 24.8 Å². The van der Waals surface area contributed by atoms with Gasteiger partial charge in [-0.05, 0) is 92.1 Å². The van der Waals surface area contributed by atoms with Crippen LogP contribution in [0.2, 0.25) is 0 Å². The highest BCUT2D eigenvalue weighted by Gasteiger charge is 2.44. The van der Waals surface area contributed by atoms with Gasteiger partial charge in [0.05, 0.1) is 36.9 Å². The van der Waals surface area contributed by atoms with E-state index in [1.807, 2.05) is 19.1 Å². The lowest BCUT2D eigenvalue weighted by molar-refractivity contribution is -0.136. The molecule has 0 spiro atoms. The topological polar surface area (TPSA) is 164 Å². The zero-order chi connectivity index (χ0) is 44.3. The number of anilines is 2. The van der Waals surface area contributed by atoms with Crippen LogP contribution in [-0.4, -0.2) is 71.8 Å². The van der Waals surface area contributed by atoms with Crippen LogP contribution in [0.25, 0.3) is 22.0 Å². The van der Waals surface area contributed by atoms with E-state index in [0.717, 1.165) is 59.8 Å². The number of methoxy groups -OCH3 is 2. The Balaban J connectivity index is 0.748. The van der Waals surface area contributed by atoms with Crippen molar-refractivity contribution in [1.82, 2.24) is 25.5 Å². The second-order valence-corrected chi connectivity index (χ2v) is 17.4. The minimum absolute atomic E-state index is 0.0347. The van der Waals surface area contributed by atoms with Gasteiger partial charge in [-0.15, -0.1) is 11.3 Å². The first-order chi connectivity index (χ1) is 30.6. The van der Waals surface area contributed by atoms with Gasteiger partial charge in [-0.3, -0.25) is 29.4 Å². The normalized spacial score (nSPS) is 15.4. The molecule has 4 heterocycles. The summed E-state index contributed by atoms with van der Waals surface area (Å²) in [6.07, 6.45) is 12.3. The Labute approximate surface area is 373 Å². The van der Waals surface area contributed by atoms with Gasteiger partial charge in [0.25, 0.3) is 11.8 Å². The van der Waals surface area contributed by atoms with Crippen LogP contribution >= 0.6 is 11.3 Å². The van der Waals surface area contributed by atoms with Gasteiger partial charge in [-0.2, -0.15) is 0 Å². The standard InChI is InChI=1S/C49H59N7O6S/c1-31(52-46-39-27-42(61-3)43(62-4)28-40(39)53-32(2)54-46)44-25-34(30-63-44)36-18-14-13-17-33(36)29-50-23-15-11-9-7-5-6-8-10-12-16-24-51-35-19-20-37-38(26-35)49(60)56(48(37)59)41-21-22-45(57)55-47(41)58/h13-14,17-20,25-28,30-31,41,50-51H,5-12,15-16,21-24,29H2,1-4H3,(H,52,53,54)(H,55,57,58). The third kappa shape index (κ3) is 11.0. The Hall–Kier alpha value is -5.86. The van der Waals surface area contributed by atoms with Crippen LogP contribution in [0.4, 0.5) is 11.5 Å². The van der Waals surface area contributed by atoms with Crippen molar-refractivity contribution in [3.8, 4) is 22.6 Å². The minimum Gasteiger partial charge on any atom is -0.493 e. The number of aromatic nitrogens is 2. The fourth-order valence-corrected chi connectivity index (χ4v) is 9.38. The van der Waals surface area contributed by atoms with Gasteiger partial charge in [0.2, 0.25) is 11.8 Å². The number of thiophene rings is 1. The van der Waals surface area contributed by atoms with E-state index in [0.29, 0.717) is 28.5 Å². The molecule has 1 saturated heterocycles. The quantitative estimate of drug-likeness (QED) is 0.0365. The fourth-order valence-electron chi connectivity index (χ4n) is 8.46. The molecule has 0 aliphatic carbocycles. The predicted octanol–water partition coefficient (Wildman–Crippen LogP) is 9.36. The number of carbonyl (C=O) groups excluding carboxylic acids is 4. The van der Waals surface area contributed by atoms with E-state index in [4.69, 9.17) is 14.5 Å². The predicted molar refractivity (Wildman–Crippen MR) is 249 cm³/mol. The summed E-state index contributed by atoms with van der Waals surface area (Å²) in [5, 5.41) is 16.1. The van der Waals surface area contributed by atoms with Crippen LogP contribution in [0.1, 0.15) is 127 Å². The SMILES string of the molecule is COc1cc2nc(C)nc(NC(C)c3cc(-c4ccccc4CNCCCCCCCCCCCCNc4ccc5c(c4)C(=O)N(C4CCC(=O)NC4=O)C5=O)cs3)c2cc1OC. The molecule has 1 fully saturated rings. The number of amides is 4. The maximum atomic E-state index is 13.1. The number of aryl methyl sites for hydroxylation is 1. The average molecular weight is 874 g/mol. The van der Waals surface area contributed by atoms with Gasteiger partial charge < -0.3 is 25.4 Å². The monoisotopic (exact) mass is 873 g/mol. The van der Waals surface area contributed by atoms with E-state index in [2.05, 4.69) is 68.9 Å². The van der Waals surface area contributed by atoms with Crippen LogP contribution in [0.5, 0.6) is 11.5 Å². The molecular weight excluding hydrogens is 815 g/mol. The van der Waals surface area contributed by atoms with Gasteiger partial charge in [0.1, 0.15) is 17.7 Å². The third-order valence-corrected chi connectivity index (χ3v) is 13.0. The summed E-state index contributed by atoms with van der Waals surface area (Å²) in [7, 11) is 3.26. The number of rotatable bonds is 23. The molecule has 3 aromatic carbocycles. The van der Waals surface area contributed by atoms with E-state index < -0.39 is 23.8 Å². The zero-order valence-electron chi connectivity index (χ0n) is 36.8. The number of imide groups is 2. The van der Waals surface area contributed by atoms with Crippen molar-refractivity contribution in [2.75, 3.05) is 37.9 Å². The summed E-state index contributed by atoms with van der Waals surface area (Å²) in [6.45, 7) is 6.68. The highest BCUT2D eigenvalue weighted by atomic mass is 32.1. The van der Waals surface area contributed by atoms with E-state index >= 15 is 0 Å². The van der Waals surface area contributed by atoms with E-state index in [9.17, 15) is 19.2 Å². The molecule has 332 valence electrons. The Bertz CT molecular complexity index is 2430. The molecule has 7 rings (SSSR count). The van der Waals surface area contributed by atoms with E-state index in [1.54, 1.807) is 43.8 Å². The molecule has 14 heteroatoms. The van der Waals surface area contributed by atoms with Crippen LogP contribution in [0, 0.1) is 6.92 Å². The average Bonchev–Trinajstić information content (AvgIpc) is 3.87. The number of nitrogens with zero attached hydrogens (tertiary/aromatic N) is 3. The highest BCUT2D eigenvalue weighted by Crippen LogP contribution is 2.37. The lowest BCUT2D eigenvalue weighted by Crippen LogP contribution is -2.54. The summed E-state index contributed by atoms with van der Waals surface area (Å²) < 4.78 is 11.1. The van der Waals surface area contributed by atoms with Crippen molar-refractivity contribution >= 4 is 57.4 Å². The molecule has 2 aliphatic rings. The first-order valence-corrected chi connectivity index (χ1v) is 23.2. The summed E-state index contributed by atoms with van der Waals surface area (Å²) in [6, 6.07) is 19.0. The first-order valence-electron chi connectivity index (χ1n) is 22.3. The number of nitrogens with one attached hydrogen (secondary N) is 4. The smallest absolute Gasteiger partial charge is 0.262 e. The number of hydrogen-bond acceptors (Lipinski definition) is 12. The maximum absolute atomic E-state index is 13.1. The molecule has 0 saturated carbocycles. The van der Waals surface area contributed by atoms with Crippen molar-refractivity contribution < 1.29 is 28.7 Å². The van der Waals surface area contributed by atoms with Gasteiger partial charge in [0.15, 0.2) is 11.5 Å². The molecule has 0 bridgehead atoms. The zero-order valence-corrected chi connectivity index (χ0v) is 37.6. The molecule has 2 atom stereocenters. The lowest BCUT2D eigenvalue weighted by Gasteiger charge is -2.27. The van der Waals surface area contributed by atoms with Crippen molar-refractivity contribution in [2.24, 2.45) is 0 Å². The number of piperidine rings is 1. The van der Waals surface area contributed by atoms with Crippen LogP contribution in [0.3, 0.4) is 0 Å². The third-order valence-electron chi connectivity index (χ3n) is 11.9. The Morgan fingerprint density at radius 1 is 0.794 bits per heavy atom. The molecule has 2 unspecified atom stereocenters. The van der Waals surface area contributed by atoms with Gasteiger partial charge >= 0.3 is 0 Å². The first kappa shape index (κ1) is 45.2. The largest absolute Gasteiger partial charge is 0.493 e. The Kier molecular flexibility index (Phi) is 15.4. The summed E-state index contributed by atoms with van der Waals surface area (Å²) in [5.74, 6) is 0.779. The summed E-state index contributed by atoms with van der Waals surface area (Å²) >= 11 is 1.75. The van der Waals surface area contributed by atoms with Gasteiger partial charge in [0, 0.05) is 41.5 Å². The molecular formula is C49H59N7O6S. The second-order valence-electron chi connectivity index (χ2n) is 16.5. The molecule has 2 aliphatic heterocycles. The van der Waals surface area contributed by atoms with E-state index in [1.165, 1.54) is 72.9 Å². The van der Waals surface area contributed by atoms with Crippen molar-refractivity contribution in [3.63, 3.8) is 0 Å². The number of hydrogen-bond donors (Lipinski definition) is 4. The molecule has 2 aromatic heterocycles. The second kappa shape index (κ2) is 21.5.